The molecule has 64 heavy (non-hydrogen) atoms. The standard InChI is InChI=1S/C63H53N/c1-63(2)60-28-16-27-56(49-21-10-5-11-22-49)62(60)59-42-41-53(43-61(59)63)64(51-37-33-47(34-38-51)46-31-29-45(30-32-46)44-17-6-3-7-18-44)52-39-35-50(36-40-52)55-24-13-15-26-58(55)57-25-14-12-23-54(57)48-19-8-4-9-20-48/h4-5,8-16,19-44H,3,6-7,17-18H2,1-2H3. The molecule has 0 spiro atoms. The lowest BCUT2D eigenvalue weighted by molar-refractivity contribution is 0.443. The Kier molecular flexibility index (Phi) is 10.4. The lowest BCUT2D eigenvalue weighted by Gasteiger charge is -2.28. The number of rotatable bonds is 9. The maximum atomic E-state index is 2.45. The highest BCUT2D eigenvalue weighted by molar-refractivity contribution is 5.95. The van der Waals surface area contributed by atoms with Gasteiger partial charge in [-0.15, -0.1) is 0 Å². The molecule has 9 aromatic carbocycles. The fraction of sp³-hybridized carbons (Fsp3) is 0.143. The zero-order valence-electron chi connectivity index (χ0n) is 36.8. The number of fused-ring (bicyclic) bond motifs is 3. The van der Waals surface area contributed by atoms with Crippen molar-refractivity contribution in [2.45, 2.75) is 57.3 Å². The summed E-state index contributed by atoms with van der Waals surface area (Å²) in [7, 11) is 0. The highest BCUT2D eigenvalue weighted by Gasteiger charge is 2.37. The summed E-state index contributed by atoms with van der Waals surface area (Å²) in [5.41, 5.74) is 22.5. The van der Waals surface area contributed by atoms with Crippen molar-refractivity contribution in [3.8, 4) is 66.8 Å². The third-order valence-corrected chi connectivity index (χ3v) is 14.1. The second kappa shape index (κ2) is 16.8. The summed E-state index contributed by atoms with van der Waals surface area (Å²) in [6, 6.07) is 81.0. The second-order valence-corrected chi connectivity index (χ2v) is 18.3. The lowest BCUT2D eigenvalue weighted by Crippen LogP contribution is -2.16. The number of nitrogens with zero attached hydrogens (tertiary/aromatic N) is 1. The smallest absolute Gasteiger partial charge is 0.0465 e. The Labute approximate surface area is 379 Å². The van der Waals surface area contributed by atoms with Gasteiger partial charge in [0.2, 0.25) is 0 Å². The Hall–Kier alpha value is -7.22. The monoisotopic (exact) mass is 823 g/mol. The Balaban J connectivity index is 0.992. The molecule has 0 aromatic heterocycles. The first-order chi connectivity index (χ1) is 31.5. The Morgan fingerprint density at radius 1 is 0.344 bits per heavy atom. The average Bonchev–Trinajstić information content (AvgIpc) is 3.60. The van der Waals surface area contributed by atoms with Crippen LogP contribution in [0.4, 0.5) is 17.1 Å². The quantitative estimate of drug-likeness (QED) is 0.140. The summed E-state index contributed by atoms with van der Waals surface area (Å²) in [5, 5.41) is 0. The van der Waals surface area contributed by atoms with Gasteiger partial charge >= 0.3 is 0 Å². The summed E-state index contributed by atoms with van der Waals surface area (Å²) in [5.74, 6) is 0.707. The van der Waals surface area contributed by atoms with E-state index in [0.29, 0.717) is 5.92 Å². The van der Waals surface area contributed by atoms with Gasteiger partial charge in [-0.25, -0.2) is 0 Å². The van der Waals surface area contributed by atoms with E-state index in [2.05, 4.69) is 237 Å². The molecule has 1 nitrogen and oxygen atoms in total. The number of hydrogen-bond acceptors (Lipinski definition) is 1. The van der Waals surface area contributed by atoms with Crippen LogP contribution in [0.15, 0.2) is 218 Å². The molecule has 0 atom stereocenters. The zero-order valence-corrected chi connectivity index (χ0v) is 36.8. The number of benzene rings is 9. The molecule has 1 fully saturated rings. The minimum atomic E-state index is -0.172. The molecule has 0 N–H and O–H groups in total. The molecule has 0 unspecified atom stereocenters. The van der Waals surface area contributed by atoms with Crippen LogP contribution in [0.25, 0.3) is 66.8 Å². The fourth-order valence-corrected chi connectivity index (χ4v) is 10.8. The number of anilines is 3. The Bertz CT molecular complexity index is 3060. The molecule has 310 valence electrons. The van der Waals surface area contributed by atoms with Crippen molar-refractivity contribution in [1.29, 1.82) is 0 Å². The molecule has 0 amide bonds. The summed E-state index contributed by atoms with van der Waals surface area (Å²) in [6.07, 6.45) is 6.73. The van der Waals surface area contributed by atoms with Crippen LogP contribution in [0.2, 0.25) is 0 Å². The van der Waals surface area contributed by atoms with E-state index >= 15 is 0 Å². The summed E-state index contributed by atoms with van der Waals surface area (Å²) in [6.45, 7) is 4.77. The molecule has 9 aromatic rings. The molecule has 1 saturated carbocycles. The average molecular weight is 824 g/mol. The summed E-state index contributed by atoms with van der Waals surface area (Å²) < 4.78 is 0. The highest BCUT2D eigenvalue weighted by Crippen LogP contribution is 2.54. The molecule has 1 heteroatoms. The van der Waals surface area contributed by atoms with Crippen molar-refractivity contribution in [3.63, 3.8) is 0 Å². The SMILES string of the molecule is CC1(C)c2cc(N(c3ccc(-c4ccc(C5CCCCC5)cc4)cc3)c3ccc(-c4ccccc4-c4ccccc4-c4ccccc4)cc3)ccc2-c2c(-c3ccccc3)cccc21. The van der Waals surface area contributed by atoms with Crippen molar-refractivity contribution in [3.05, 3.63) is 235 Å². The maximum absolute atomic E-state index is 2.45. The van der Waals surface area contributed by atoms with E-state index in [-0.39, 0.29) is 5.41 Å². The van der Waals surface area contributed by atoms with Crippen LogP contribution >= 0.6 is 0 Å². The van der Waals surface area contributed by atoms with Gasteiger partial charge in [0.1, 0.15) is 0 Å². The predicted octanol–water partition coefficient (Wildman–Crippen LogP) is 17.8. The predicted molar refractivity (Wildman–Crippen MR) is 272 cm³/mol. The minimum absolute atomic E-state index is 0.172. The third-order valence-electron chi connectivity index (χ3n) is 14.1. The van der Waals surface area contributed by atoms with E-state index in [1.807, 2.05) is 0 Å². The second-order valence-electron chi connectivity index (χ2n) is 18.3. The van der Waals surface area contributed by atoms with Crippen LogP contribution in [-0.2, 0) is 5.41 Å². The first kappa shape index (κ1) is 39.6. The van der Waals surface area contributed by atoms with Crippen LogP contribution in [0.3, 0.4) is 0 Å². The Morgan fingerprint density at radius 3 is 1.38 bits per heavy atom. The van der Waals surface area contributed by atoms with Gasteiger partial charge in [0, 0.05) is 22.5 Å². The van der Waals surface area contributed by atoms with Gasteiger partial charge in [-0.1, -0.05) is 215 Å². The van der Waals surface area contributed by atoms with Gasteiger partial charge in [0.25, 0.3) is 0 Å². The molecule has 2 aliphatic rings. The molecular formula is C63H53N. The molecular weight excluding hydrogens is 771 g/mol. The first-order valence-corrected chi connectivity index (χ1v) is 23.2. The van der Waals surface area contributed by atoms with Gasteiger partial charge in [-0.2, -0.15) is 0 Å². The van der Waals surface area contributed by atoms with E-state index in [9.17, 15) is 0 Å². The molecule has 2 aliphatic carbocycles. The molecule has 0 bridgehead atoms. The van der Waals surface area contributed by atoms with Crippen molar-refractivity contribution >= 4 is 17.1 Å². The van der Waals surface area contributed by atoms with Crippen LogP contribution < -0.4 is 4.90 Å². The van der Waals surface area contributed by atoms with E-state index in [1.165, 1.54) is 116 Å². The molecule has 11 rings (SSSR count). The van der Waals surface area contributed by atoms with Gasteiger partial charge in [-0.05, 0) is 139 Å². The summed E-state index contributed by atoms with van der Waals surface area (Å²) >= 11 is 0. The normalized spacial score (nSPS) is 14.2. The molecule has 0 radical (unpaired) electrons. The number of hydrogen-bond donors (Lipinski definition) is 0. The molecule has 0 aliphatic heterocycles. The van der Waals surface area contributed by atoms with Crippen LogP contribution in [0.1, 0.15) is 68.6 Å². The molecule has 0 heterocycles. The minimum Gasteiger partial charge on any atom is -0.310 e. The van der Waals surface area contributed by atoms with E-state index in [0.717, 1.165) is 17.1 Å². The van der Waals surface area contributed by atoms with Crippen LogP contribution in [-0.4, -0.2) is 0 Å². The van der Waals surface area contributed by atoms with Crippen molar-refractivity contribution in [2.24, 2.45) is 0 Å². The van der Waals surface area contributed by atoms with Crippen LogP contribution in [0, 0.1) is 0 Å². The van der Waals surface area contributed by atoms with Crippen molar-refractivity contribution in [1.82, 2.24) is 0 Å². The van der Waals surface area contributed by atoms with Gasteiger partial charge < -0.3 is 4.90 Å². The van der Waals surface area contributed by atoms with Crippen molar-refractivity contribution < 1.29 is 0 Å². The largest absolute Gasteiger partial charge is 0.310 e. The van der Waals surface area contributed by atoms with Gasteiger partial charge in [0.05, 0.1) is 0 Å². The van der Waals surface area contributed by atoms with Gasteiger partial charge in [0.15, 0.2) is 0 Å². The summed E-state index contributed by atoms with van der Waals surface area (Å²) in [4.78, 5) is 2.44. The van der Waals surface area contributed by atoms with Gasteiger partial charge in [-0.3, -0.25) is 0 Å². The van der Waals surface area contributed by atoms with Crippen molar-refractivity contribution in [2.75, 3.05) is 4.90 Å². The van der Waals surface area contributed by atoms with Crippen LogP contribution in [0.5, 0.6) is 0 Å². The van der Waals surface area contributed by atoms with E-state index < -0.39 is 0 Å². The zero-order chi connectivity index (χ0) is 43.0. The topological polar surface area (TPSA) is 3.24 Å². The van der Waals surface area contributed by atoms with E-state index in [4.69, 9.17) is 0 Å². The lowest BCUT2D eigenvalue weighted by atomic mass is 9.81. The fourth-order valence-electron chi connectivity index (χ4n) is 10.8. The maximum Gasteiger partial charge on any atom is 0.0465 e. The Morgan fingerprint density at radius 2 is 0.797 bits per heavy atom. The first-order valence-electron chi connectivity index (χ1n) is 23.2. The highest BCUT2D eigenvalue weighted by atomic mass is 15.1. The molecule has 0 saturated heterocycles. The van der Waals surface area contributed by atoms with E-state index in [1.54, 1.807) is 0 Å². The third kappa shape index (κ3) is 7.25.